The molecule has 2 aromatic heterocycles. The van der Waals surface area contributed by atoms with Crippen LogP contribution < -0.4 is 9.64 Å². The molecule has 29 heavy (non-hydrogen) atoms. The zero-order chi connectivity index (χ0) is 20.4. The number of methoxy groups -OCH3 is 1. The Kier molecular flexibility index (Phi) is 5.42. The first-order valence-electron chi connectivity index (χ1n) is 10.2. The summed E-state index contributed by atoms with van der Waals surface area (Å²) in [6.07, 6.45) is 2.30. The molecule has 8 nitrogen and oxygen atoms in total. The first-order chi connectivity index (χ1) is 14.1. The fourth-order valence-electron chi connectivity index (χ4n) is 4.00. The van der Waals surface area contributed by atoms with Crippen molar-refractivity contribution in [1.29, 1.82) is 0 Å². The second-order valence-electron chi connectivity index (χ2n) is 7.32. The lowest BCUT2D eigenvalue weighted by molar-refractivity contribution is -0.131. The number of ether oxygens (including phenoxy) is 1. The lowest BCUT2D eigenvalue weighted by Gasteiger charge is -2.36. The van der Waals surface area contributed by atoms with Crippen LogP contribution in [0.25, 0.3) is 11.0 Å². The fourth-order valence-corrected chi connectivity index (χ4v) is 4.00. The first-order valence-corrected chi connectivity index (χ1v) is 10.2. The minimum absolute atomic E-state index is 0.184. The second-order valence-corrected chi connectivity index (χ2v) is 7.32. The molecule has 3 aromatic rings. The maximum Gasteiger partial charge on any atom is 0.224 e. The average molecular weight is 396 g/mol. The molecule has 0 N–H and O–H groups in total. The molecule has 4 rings (SSSR count). The fraction of sp³-hybridized carbons (Fsp3) is 0.476. The third-order valence-corrected chi connectivity index (χ3v) is 5.62. The van der Waals surface area contributed by atoms with Crippen LogP contribution in [0.15, 0.2) is 30.5 Å². The number of carbonyl (C=O) groups excluding carboxylic acids is 1. The summed E-state index contributed by atoms with van der Waals surface area (Å²) < 4.78 is 9.09. The van der Waals surface area contributed by atoms with Crippen molar-refractivity contribution in [2.24, 2.45) is 0 Å². The molecule has 1 fully saturated rings. The predicted octanol–water partition coefficient (Wildman–Crippen LogP) is 2.31. The molecule has 154 valence electrons. The first kappa shape index (κ1) is 19.3. The number of piperazine rings is 1. The zero-order valence-electron chi connectivity index (χ0n) is 17.3. The molecular formula is C21H28N6O2. The number of hydrogen-bond donors (Lipinski definition) is 0. The molecule has 1 amide bonds. The Bertz CT molecular complexity index is 983. The van der Waals surface area contributed by atoms with Crippen LogP contribution >= 0.6 is 0 Å². The number of rotatable bonds is 6. The van der Waals surface area contributed by atoms with E-state index in [1.807, 2.05) is 39.5 Å². The van der Waals surface area contributed by atoms with Crippen molar-refractivity contribution in [2.75, 3.05) is 38.2 Å². The summed E-state index contributed by atoms with van der Waals surface area (Å²) in [5.74, 6) is 1.04. The van der Waals surface area contributed by atoms with Crippen LogP contribution in [0.5, 0.6) is 5.75 Å². The van der Waals surface area contributed by atoms with Gasteiger partial charge in [0, 0.05) is 44.8 Å². The lowest BCUT2D eigenvalue weighted by atomic mass is 10.2. The summed E-state index contributed by atoms with van der Waals surface area (Å²) in [4.78, 5) is 17.0. The summed E-state index contributed by atoms with van der Waals surface area (Å²) >= 11 is 0. The van der Waals surface area contributed by atoms with Crippen LogP contribution in [0.2, 0.25) is 0 Å². The Balaban J connectivity index is 1.33. The third kappa shape index (κ3) is 3.79. The van der Waals surface area contributed by atoms with Crippen LogP contribution in [0.3, 0.4) is 0 Å². The molecule has 1 saturated heterocycles. The topological polar surface area (TPSA) is 68.4 Å². The highest BCUT2D eigenvalue weighted by molar-refractivity contribution is 5.79. The Labute approximate surface area is 170 Å². The normalized spacial score (nSPS) is 14.6. The molecule has 0 radical (unpaired) electrons. The molecule has 0 spiro atoms. The van der Waals surface area contributed by atoms with E-state index in [0.29, 0.717) is 13.0 Å². The highest BCUT2D eigenvalue weighted by Crippen LogP contribution is 2.21. The number of carbonyl (C=O) groups is 1. The minimum atomic E-state index is 0.184. The summed E-state index contributed by atoms with van der Waals surface area (Å²) in [5, 5.41) is 9.02. The van der Waals surface area contributed by atoms with Gasteiger partial charge < -0.3 is 14.5 Å². The smallest absolute Gasteiger partial charge is 0.224 e. The molecule has 1 aromatic carbocycles. The number of fused-ring (bicyclic) bond motifs is 1. The van der Waals surface area contributed by atoms with E-state index in [-0.39, 0.29) is 5.91 Å². The third-order valence-electron chi connectivity index (χ3n) is 5.62. The molecule has 0 unspecified atom stereocenters. The summed E-state index contributed by atoms with van der Waals surface area (Å²) in [7, 11) is 1.67. The largest absolute Gasteiger partial charge is 0.497 e. The van der Waals surface area contributed by atoms with E-state index in [9.17, 15) is 4.79 Å². The van der Waals surface area contributed by atoms with E-state index in [2.05, 4.69) is 34.2 Å². The molecule has 0 bridgehead atoms. The zero-order valence-corrected chi connectivity index (χ0v) is 17.3. The molecule has 8 heteroatoms. The molecular weight excluding hydrogens is 368 g/mol. The van der Waals surface area contributed by atoms with Gasteiger partial charge in [0.15, 0.2) is 0 Å². The monoisotopic (exact) mass is 396 g/mol. The molecule has 0 saturated carbocycles. The van der Waals surface area contributed by atoms with E-state index < -0.39 is 0 Å². The molecule has 0 aliphatic carbocycles. The molecule has 1 aliphatic rings. The van der Waals surface area contributed by atoms with Gasteiger partial charge in [0.25, 0.3) is 0 Å². The Morgan fingerprint density at radius 3 is 2.48 bits per heavy atom. The van der Waals surface area contributed by atoms with E-state index >= 15 is 0 Å². The number of aryl methyl sites for hydroxylation is 3. The van der Waals surface area contributed by atoms with Gasteiger partial charge in [-0.05, 0) is 38.1 Å². The highest BCUT2D eigenvalue weighted by Gasteiger charge is 2.22. The van der Waals surface area contributed by atoms with E-state index in [0.717, 1.165) is 55.2 Å². The van der Waals surface area contributed by atoms with E-state index in [1.54, 1.807) is 7.11 Å². The van der Waals surface area contributed by atoms with Crippen molar-refractivity contribution in [3.8, 4) is 5.75 Å². The van der Waals surface area contributed by atoms with Crippen LogP contribution in [0, 0.1) is 6.92 Å². The van der Waals surface area contributed by atoms with Gasteiger partial charge in [-0.15, -0.1) is 0 Å². The van der Waals surface area contributed by atoms with Crippen LogP contribution in [0.4, 0.5) is 5.69 Å². The minimum Gasteiger partial charge on any atom is -0.497 e. The van der Waals surface area contributed by atoms with Crippen molar-refractivity contribution in [1.82, 2.24) is 24.5 Å². The van der Waals surface area contributed by atoms with Crippen LogP contribution in [-0.4, -0.2) is 63.7 Å². The number of nitrogens with zero attached hydrogens (tertiary/aromatic N) is 6. The van der Waals surface area contributed by atoms with Crippen LogP contribution in [0.1, 0.15) is 19.0 Å². The van der Waals surface area contributed by atoms with Gasteiger partial charge in [-0.3, -0.25) is 14.2 Å². The van der Waals surface area contributed by atoms with E-state index in [1.165, 1.54) is 5.69 Å². The standard InChI is InChI=1S/C21H28N6O2/c1-4-26-19-15-22-27(21(19)16(2)23-26)10-9-20(28)25-13-11-24(12-14-25)17-5-7-18(29-3)8-6-17/h5-8,15H,4,9-14H2,1-3H3. The van der Waals surface area contributed by atoms with Crippen molar-refractivity contribution >= 4 is 22.6 Å². The average Bonchev–Trinajstić information content (AvgIpc) is 3.33. The van der Waals surface area contributed by atoms with Crippen LogP contribution in [-0.2, 0) is 17.9 Å². The van der Waals surface area contributed by atoms with Gasteiger partial charge in [-0.25, -0.2) is 0 Å². The number of benzene rings is 1. The van der Waals surface area contributed by atoms with Crippen molar-refractivity contribution in [3.05, 3.63) is 36.2 Å². The summed E-state index contributed by atoms with van der Waals surface area (Å²) in [6, 6.07) is 8.08. The quantitative estimate of drug-likeness (QED) is 0.640. The molecule has 3 heterocycles. The number of aromatic nitrogens is 4. The number of amides is 1. The maximum atomic E-state index is 12.7. The van der Waals surface area contributed by atoms with Gasteiger partial charge in [-0.2, -0.15) is 10.2 Å². The van der Waals surface area contributed by atoms with Gasteiger partial charge in [0.05, 0.1) is 25.5 Å². The van der Waals surface area contributed by atoms with E-state index in [4.69, 9.17) is 4.74 Å². The highest BCUT2D eigenvalue weighted by atomic mass is 16.5. The van der Waals surface area contributed by atoms with Gasteiger partial charge in [0.2, 0.25) is 5.91 Å². The SMILES string of the molecule is CCn1nc(C)c2c1cnn2CCC(=O)N1CCN(c2ccc(OC)cc2)CC1. The lowest BCUT2D eigenvalue weighted by Crippen LogP contribution is -2.49. The van der Waals surface area contributed by atoms with Crippen molar-refractivity contribution in [3.63, 3.8) is 0 Å². The maximum absolute atomic E-state index is 12.7. The van der Waals surface area contributed by atoms with Gasteiger partial charge in [-0.1, -0.05) is 0 Å². The summed E-state index contributed by atoms with van der Waals surface area (Å²) in [6.45, 7) is 8.62. The Morgan fingerprint density at radius 2 is 1.83 bits per heavy atom. The molecule has 1 aliphatic heterocycles. The number of anilines is 1. The molecule has 0 atom stereocenters. The summed E-state index contributed by atoms with van der Waals surface area (Å²) in [5.41, 5.74) is 4.19. The second kappa shape index (κ2) is 8.14. The van der Waals surface area contributed by atoms with Gasteiger partial charge >= 0.3 is 0 Å². The Morgan fingerprint density at radius 1 is 1.10 bits per heavy atom. The van der Waals surface area contributed by atoms with Gasteiger partial charge in [0.1, 0.15) is 16.8 Å². The number of hydrogen-bond acceptors (Lipinski definition) is 5. The Hall–Kier alpha value is -3.03. The predicted molar refractivity (Wildman–Crippen MR) is 112 cm³/mol. The van der Waals surface area contributed by atoms with Crippen molar-refractivity contribution in [2.45, 2.75) is 33.4 Å². The van der Waals surface area contributed by atoms with Crippen molar-refractivity contribution < 1.29 is 9.53 Å².